The summed E-state index contributed by atoms with van der Waals surface area (Å²) in [5, 5.41) is 32.4. The summed E-state index contributed by atoms with van der Waals surface area (Å²) in [4.78, 5) is 13.0. The van der Waals surface area contributed by atoms with Crippen molar-refractivity contribution >= 4 is 5.97 Å². The maximum absolute atomic E-state index is 13.0. The molecule has 4 atom stereocenters. The van der Waals surface area contributed by atoms with Gasteiger partial charge in [-0.2, -0.15) is 0 Å². The Balaban J connectivity index is 2.06. The zero-order chi connectivity index (χ0) is 18.3. The molecule has 3 N–H and O–H groups in total. The molecule has 2 aliphatic carbocycles. The van der Waals surface area contributed by atoms with Gasteiger partial charge in [0.05, 0.1) is 0 Å². The number of ether oxygens (including phenoxy) is 1. The van der Waals surface area contributed by atoms with E-state index in [1.807, 2.05) is 13.8 Å². The van der Waals surface area contributed by atoms with Crippen LogP contribution in [0.25, 0.3) is 0 Å². The number of rotatable bonds is 1. The van der Waals surface area contributed by atoms with Crippen molar-refractivity contribution in [1.82, 2.24) is 0 Å². The zero-order valence-corrected chi connectivity index (χ0v) is 15.2. The number of aromatic hydroxyl groups is 2. The van der Waals surface area contributed by atoms with Crippen molar-refractivity contribution in [3.8, 4) is 11.5 Å². The molecule has 5 nitrogen and oxygen atoms in total. The number of hydrogen-bond donors (Lipinski definition) is 3. The minimum atomic E-state index is -0.985. The smallest absolute Gasteiger partial charge is 0.317 e. The van der Waals surface area contributed by atoms with E-state index >= 15 is 0 Å². The molecule has 1 aliphatic heterocycles. The Morgan fingerprint density at radius 3 is 2.52 bits per heavy atom. The van der Waals surface area contributed by atoms with Gasteiger partial charge in [-0.3, -0.25) is 4.79 Å². The number of aliphatic hydroxyl groups is 1. The second-order valence-electron chi connectivity index (χ2n) is 8.89. The topological polar surface area (TPSA) is 87.0 Å². The van der Waals surface area contributed by atoms with Crippen molar-refractivity contribution in [3.63, 3.8) is 0 Å². The Labute approximate surface area is 147 Å². The molecule has 2 bridgehead atoms. The average molecular weight is 346 g/mol. The van der Waals surface area contributed by atoms with Gasteiger partial charge < -0.3 is 20.1 Å². The molecular weight excluding hydrogens is 320 g/mol. The lowest BCUT2D eigenvalue weighted by atomic mass is 9.49. The lowest BCUT2D eigenvalue weighted by molar-refractivity contribution is -0.148. The van der Waals surface area contributed by atoms with Gasteiger partial charge in [0, 0.05) is 17.0 Å². The summed E-state index contributed by atoms with van der Waals surface area (Å²) in [6.45, 7) is 8.02. The molecule has 1 saturated heterocycles. The van der Waals surface area contributed by atoms with Crippen LogP contribution in [0.4, 0.5) is 0 Å². The third-order valence-corrected chi connectivity index (χ3v) is 6.73. The van der Waals surface area contributed by atoms with Gasteiger partial charge in [0.2, 0.25) is 0 Å². The van der Waals surface area contributed by atoms with E-state index in [4.69, 9.17) is 4.74 Å². The second-order valence-corrected chi connectivity index (χ2v) is 8.89. The van der Waals surface area contributed by atoms with Crippen molar-refractivity contribution in [2.45, 2.75) is 70.5 Å². The molecule has 2 fully saturated rings. The van der Waals surface area contributed by atoms with Crippen LogP contribution < -0.4 is 0 Å². The van der Waals surface area contributed by atoms with Crippen LogP contribution in [0.1, 0.15) is 75.7 Å². The van der Waals surface area contributed by atoms with Crippen LogP contribution in [0.15, 0.2) is 6.07 Å². The summed E-state index contributed by atoms with van der Waals surface area (Å²) in [5.41, 5.74) is 0.319. The minimum Gasteiger partial charge on any atom is -0.504 e. The summed E-state index contributed by atoms with van der Waals surface area (Å²) in [6, 6.07) is 1.74. The lowest BCUT2D eigenvalue weighted by Crippen LogP contribution is -2.54. The number of aliphatic hydroxyl groups excluding tert-OH is 1. The molecule has 2 unspecified atom stereocenters. The van der Waals surface area contributed by atoms with Crippen molar-refractivity contribution in [3.05, 3.63) is 22.8 Å². The van der Waals surface area contributed by atoms with Gasteiger partial charge in [0.1, 0.15) is 17.6 Å². The van der Waals surface area contributed by atoms with Gasteiger partial charge >= 0.3 is 5.97 Å². The van der Waals surface area contributed by atoms with Crippen molar-refractivity contribution < 1.29 is 24.9 Å². The number of benzene rings is 1. The van der Waals surface area contributed by atoms with E-state index in [0.29, 0.717) is 23.1 Å². The fourth-order valence-electron chi connectivity index (χ4n) is 5.70. The molecule has 0 amide bonds. The minimum absolute atomic E-state index is 0.0179. The summed E-state index contributed by atoms with van der Waals surface area (Å²) in [6.07, 6.45) is 0.767. The van der Waals surface area contributed by atoms with Gasteiger partial charge in [0.15, 0.2) is 11.5 Å². The standard InChI is InChI=1S/C20H26O5/c1-9(2)10-8-11-12(15(23)13(10)21)20-7-5-6-19(3,4)17(20)16(14(11)22)25-18(20)24/h8-9,14,16-17,21-23H,5-7H2,1-4H3/t14?,16-,17?,20+/m0/s1. The van der Waals surface area contributed by atoms with E-state index in [1.54, 1.807) is 6.07 Å². The van der Waals surface area contributed by atoms with Crippen molar-refractivity contribution in [1.29, 1.82) is 0 Å². The number of esters is 1. The van der Waals surface area contributed by atoms with Crippen LogP contribution in [0, 0.1) is 11.3 Å². The van der Waals surface area contributed by atoms with E-state index in [1.165, 1.54) is 0 Å². The van der Waals surface area contributed by atoms with Gasteiger partial charge in [-0.1, -0.05) is 34.1 Å². The molecule has 0 spiro atoms. The molecule has 4 rings (SSSR count). The molecule has 1 heterocycles. The second kappa shape index (κ2) is 4.91. The molecule has 1 aromatic rings. The van der Waals surface area contributed by atoms with Crippen LogP contribution in [-0.4, -0.2) is 27.4 Å². The summed E-state index contributed by atoms with van der Waals surface area (Å²) in [7, 11) is 0. The normalized spacial score (nSPS) is 35.3. The third kappa shape index (κ3) is 1.85. The van der Waals surface area contributed by atoms with Gasteiger partial charge in [-0.05, 0) is 35.8 Å². The quantitative estimate of drug-likeness (QED) is 0.537. The maximum Gasteiger partial charge on any atom is 0.317 e. The summed E-state index contributed by atoms with van der Waals surface area (Å²) < 4.78 is 5.67. The molecule has 3 aliphatic rings. The number of fused-ring (bicyclic) bond motifs is 1. The first-order valence-electron chi connectivity index (χ1n) is 9.11. The fourth-order valence-corrected chi connectivity index (χ4v) is 5.70. The molecule has 5 heteroatoms. The number of phenolic OH excluding ortho intramolecular Hbond substituents is 2. The average Bonchev–Trinajstić information content (AvgIpc) is 2.79. The monoisotopic (exact) mass is 346 g/mol. The molecule has 136 valence electrons. The zero-order valence-electron chi connectivity index (χ0n) is 15.2. The Morgan fingerprint density at radius 1 is 1.20 bits per heavy atom. The largest absolute Gasteiger partial charge is 0.504 e. The summed E-state index contributed by atoms with van der Waals surface area (Å²) >= 11 is 0. The Morgan fingerprint density at radius 2 is 1.88 bits per heavy atom. The number of carbonyl (C=O) groups is 1. The SMILES string of the molecule is CC(C)c1cc2c(c(O)c1O)[C@]13CCCC(C)(C)C1[C@@H](OC3=O)C2O. The predicted octanol–water partition coefficient (Wildman–Crippen LogP) is 3.26. The predicted molar refractivity (Wildman–Crippen MR) is 91.5 cm³/mol. The first kappa shape index (κ1) is 16.7. The van der Waals surface area contributed by atoms with E-state index in [-0.39, 0.29) is 34.7 Å². The Bertz CT molecular complexity index is 766. The van der Waals surface area contributed by atoms with Crippen LogP contribution in [0.2, 0.25) is 0 Å². The van der Waals surface area contributed by atoms with Gasteiger partial charge in [-0.25, -0.2) is 0 Å². The van der Waals surface area contributed by atoms with Crippen LogP contribution in [0.3, 0.4) is 0 Å². The van der Waals surface area contributed by atoms with Gasteiger partial charge in [-0.15, -0.1) is 0 Å². The number of carbonyl (C=O) groups excluding carboxylic acids is 1. The molecule has 1 saturated carbocycles. The first-order chi connectivity index (χ1) is 11.6. The Hall–Kier alpha value is -1.75. The molecule has 25 heavy (non-hydrogen) atoms. The van der Waals surface area contributed by atoms with Crippen LogP contribution in [-0.2, 0) is 14.9 Å². The van der Waals surface area contributed by atoms with Crippen LogP contribution in [0.5, 0.6) is 11.5 Å². The molecule has 1 aromatic carbocycles. The molecule has 0 radical (unpaired) electrons. The van der Waals surface area contributed by atoms with E-state index in [2.05, 4.69) is 13.8 Å². The van der Waals surface area contributed by atoms with E-state index < -0.39 is 17.6 Å². The highest BCUT2D eigenvalue weighted by molar-refractivity contribution is 5.90. The highest BCUT2D eigenvalue weighted by Gasteiger charge is 2.70. The maximum atomic E-state index is 13.0. The molecular formula is C20H26O5. The Kier molecular flexibility index (Phi) is 3.28. The van der Waals surface area contributed by atoms with Crippen molar-refractivity contribution in [2.24, 2.45) is 11.3 Å². The highest BCUT2D eigenvalue weighted by Crippen LogP contribution is 2.66. The first-order valence-corrected chi connectivity index (χ1v) is 9.11. The number of hydrogen-bond acceptors (Lipinski definition) is 5. The van der Waals surface area contributed by atoms with Crippen LogP contribution >= 0.6 is 0 Å². The summed E-state index contributed by atoms with van der Waals surface area (Å²) in [5.74, 6) is -1.05. The third-order valence-electron chi connectivity index (χ3n) is 6.73. The molecule has 0 aromatic heterocycles. The van der Waals surface area contributed by atoms with Crippen molar-refractivity contribution in [2.75, 3.05) is 0 Å². The number of phenols is 2. The highest BCUT2D eigenvalue weighted by atomic mass is 16.6. The fraction of sp³-hybridized carbons (Fsp3) is 0.650. The lowest BCUT2D eigenvalue weighted by Gasteiger charge is -2.51. The van der Waals surface area contributed by atoms with E-state index in [9.17, 15) is 20.1 Å². The van der Waals surface area contributed by atoms with E-state index in [0.717, 1.165) is 12.8 Å². The van der Waals surface area contributed by atoms with Gasteiger partial charge in [0.25, 0.3) is 0 Å².